The van der Waals surface area contributed by atoms with Gasteiger partial charge in [-0.2, -0.15) is 0 Å². The molecule has 2 saturated carbocycles. The molecule has 0 radical (unpaired) electrons. The van der Waals surface area contributed by atoms with Gasteiger partial charge in [-0.25, -0.2) is 0 Å². The van der Waals surface area contributed by atoms with Gasteiger partial charge in [-0.05, 0) is 86.6 Å². The van der Waals surface area contributed by atoms with E-state index in [1.165, 1.54) is 77.0 Å². The minimum atomic E-state index is 0.704. The van der Waals surface area contributed by atoms with Gasteiger partial charge < -0.3 is 4.74 Å². The molecule has 0 amide bonds. The Balaban J connectivity index is 1.31. The van der Waals surface area contributed by atoms with Crippen LogP contribution in [-0.4, -0.2) is 6.61 Å². The summed E-state index contributed by atoms with van der Waals surface area (Å²) in [6.07, 6.45) is 21.9. The van der Waals surface area contributed by atoms with Crippen molar-refractivity contribution in [3.63, 3.8) is 0 Å². The molecule has 0 N–H and O–H groups in total. The Morgan fingerprint density at radius 1 is 0.800 bits per heavy atom. The molecule has 0 atom stereocenters. The standard InChI is InChI=1S/C29H42O/c1-3-7-24-10-14-27(15-11-24)18-19-28-16-12-25(13-17-28)8-5-6-9-26-20-22-29(23-21-26)30-4-2/h5,8,20-25,27-28H,3-4,7,10-19H2,1-2H3/b8-5+. The van der Waals surface area contributed by atoms with Crippen molar-refractivity contribution in [3.8, 4) is 17.6 Å². The van der Waals surface area contributed by atoms with Crippen molar-refractivity contribution in [1.29, 1.82) is 0 Å². The first-order chi connectivity index (χ1) is 14.8. The summed E-state index contributed by atoms with van der Waals surface area (Å²) in [5.41, 5.74) is 1.05. The maximum atomic E-state index is 5.48. The minimum Gasteiger partial charge on any atom is -0.494 e. The van der Waals surface area contributed by atoms with Crippen LogP contribution in [0.4, 0.5) is 0 Å². The van der Waals surface area contributed by atoms with Gasteiger partial charge in [-0.3, -0.25) is 0 Å². The van der Waals surface area contributed by atoms with Crippen LogP contribution in [0.3, 0.4) is 0 Å². The molecule has 1 nitrogen and oxygen atoms in total. The Morgan fingerprint density at radius 3 is 1.93 bits per heavy atom. The highest BCUT2D eigenvalue weighted by Crippen LogP contribution is 2.37. The first kappa shape index (κ1) is 23.0. The SMILES string of the molecule is CCCC1CCC(CCC2CCC(/C=C/C#Cc3ccc(OCC)cc3)CC2)CC1. The summed E-state index contributed by atoms with van der Waals surface area (Å²) < 4.78 is 5.48. The lowest BCUT2D eigenvalue weighted by Crippen LogP contribution is -2.17. The monoisotopic (exact) mass is 406 g/mol. The molecule has 2 fully saturated rings. The van der Waals surface area contributed by atoms with E-state index in [2.05, 4.69) is 30.9 Å². The summed E-state index contributed by atoms with van der Waals surface area (Å²) in [5.74, 6) is 11.2. The summed E-state index contributed by atoms with van der Waals surface area (Å²) in [5, 5.41) is 0. The van der Waals surface area contributed by atoms with E-state index in [1.54, 1.807) is 0 Å². The van der Waals surface area contributed by atoms with Crippen molar-refractivity contribution in [3.05, 3.63) is 42.0 Å². The topological polar surface area (TPSA) is 9.23 Å². The molecule has 2 aliphatic rings. The first-order valence-corrected chi connectivity index (χ1v) is 12.7. The quantitative estimate of drug-likeness (QED) is 0.395. The van der Waals surface area contributed by atoms with Gasteiger partial charge >= 0.3 is 0 Å². The van der Waals surface area contributed by atoms with Gasteiger partial charge in [-0.1, -0.05) is 76.2 Å². The third kappa shape index (κ3) is 7.86. The molecule has 1 heteroatoms. The van der Waals surface area contributed by atoms with Gasteiger partial charge in [0.05, 0.1) is 6.61 Å². The van der Waals surface area contributed by atoms with Crippen LogP contribution >= 0.6 is 0 Å². The number of rotatable bonds is 8. The van der Waals surface area contributed by atoms with Gasteiger partial charge in [0.15, 0.2) is 0 Å². The summed E-state index contributed by atoms with van der Waals surface area (Å²) >= 11 is 0. The lowest BCUT2D eigenvalue weighted by atomic mass is 9.75. The van der Waals surface area contributed by atoms with E-state index in [9.17, 15) is 0 Å². The van der Waals surface area contributed by atoms with E-state index >= 15 is 0 Å². The number of allylic oxidation sites excluding steroid dienone is 2. The van der Waals surface area contributed by atoms with Crippen molar-refractivity contribution >= 4 is 0 Å². The molecule has 2 aliphatic carbocycles. The molecule has 0 heterocycles. The van der Waals surface area contributed by atoms with Crippen molar-refractivity contribution in [2.75, 3.05) is 6.61 Å². The van der Waals surface area contributed by atoms with E-state index in [4.69, 9.17) is 4.74 Å². The fourth-order valence-electron chi connectivity index (χ4n) is 5.47. The molecule has 164 valence electrons. The Bertz CT molecular complexity index is 673. The Hall–Kier alpha value is -1.68. The maximum Gasteiger partial charge on any atom is 0.119 e. The lowest BCUT2D eigenvalue weighted by molar-refractivity contribution is 0.221. The lowest BCUT2D eigenvalue weighted by Gasteiger charge is -2.31. The first-order valence-electron chi connectivity index (χ1n) is 12.7. The largest absolute Gasteiger partial charge is 0.494 e. The molecular weight excluding hydrogens is 364 g/mol. The second kappa shape index (κ2) is 12.9. The van der Waals surface area contributed by atoms with Gasteiger partial charge in [0.25, 0.3) is 0 Å². The molecule has 0 aliphatic heterocycles. The van der Waals surface area contributed by atoms with Gasteiger partial charge in [-0.15, -0.1) is 0 Å². The van der Waals surface area contributed by atoms with Crippen LogP contribution in [0.1, 0.15) is 96.5 Å². The number of hydrogen-bond donors (Lipinski definition) is 0. The van der Waals surface area contributed by atoms with Crippen LogP contribution in [0, 0.1) is 35.5 Å². The maximum absolute atomic E-state index is 5.48. The van der Waals surface area contributed by atoms with E-state index in [0.717, 1.165) is 35.0 Å². The van der Waals surface area contributed by atoms with Crippen molar-refractivity contribution in [2.45, 2.75) is 90.9 Å². The predicted octanol–water partition coefficient (Wildman–Crippen LogP) is 8.19. The molecule has 3 rings (SSSR count). The molecule has 0 aromatic heterocycles. The zero-order chi connectivity index (χ0) is 21.0. The van der Waals surface area contributed by atoms with Gasteiger partial charge in [0, 0.05) is 5.56 Å². The number of benzene rings is 1. The molecule has 1 aromatic carbocycles. The fraction of sp³-hybridized carbons (Fsp3) is 0.655. The minimum absolute atomic E-state index is 0.704. The third-order valence-corrected chi connectivity index (χ3v) is 7.37. The highest BCUT2D eigenvalue weighted by atomic mass is 16.5. The van der Waals surface area contributed by atoms with Crippen LogP contribution in [0.5, 0.6) is 5.75 Å². The molecule has 0 spiro atoms. The zero-order valence-electron chi connectivity index (χ0n) is 19.4. The van der Waals surface area contributed by atoms with Crippen LogP contribution in [-0.2, 0) is 0 Å². The number of ether oxygens (including phenoxy) is 1. The predicted molar refractivity (Wildman–Crippen MR) is 129 cm³/mol. The molecule has 0 unspecified atom stereocenters. The van der Waals surface area contributed by atoms with Gasteiger partial charge in [0.2, 0.25) is 0 Å². The Morgan fingerprint density at radius 2 is 1.37 bits per heavy atom. The molecule has 30 heavy (non-hydrogen) atoms. The summed E-state index contributed by atoms with van der Waals surface area (Å²) in [6.45, 7) is 5.05. The van der Waals surface area contributed by atoms with Crippen LogP contribution in [0.2, 0.25) is 0 Å². The summed E-state index contributed by atoms with van der Waals surface area (Å²) in [6, 6.07) is 8.06. The normalized spacial score (nSPS) is 26.9. The highest BCUT2D eigenvalue weighted by molar-refractivity contribution is 5.40. The van der Waals surface area contributed by atoms with E-state index in [0.29, 0.717) is 6.61 Å². The van der Waals surface area contributed by atoms with E-state index in [1.807, 2.05) is 31.2 Å². The van der Waals surface area contributed by atoms with Crippen molar-refractivity contribution in [2.24, 2.45) is 23.7 Å². The summed E-state index contributed by atoms with van der Waals surface area (Å²) in [7, 11) is 0. The zero-order valence-corrected chi connectivity index (χ0v) is 19.4. The third-order valence-electron chi connectivity index (χ3n) is 7.37. The average Bonchev–Trinajstić information content (AvgIpc) is 2.78. The molecule has 1 aromatic rings. The van der Waals surface area contributed by atoms with Crippen molar-refractivity contribution in [1.82, 2.24) is 0 Å². The molecule has 0 bridgehead atoms. The number of hydrogen-bond acceptors (Lipinski definition) is 1. The highest BCUT2D eigenvalue weighted by Gasteiger charge is 2.23. The van der Waals surface area contributed by atoms with Crippen LogP contribution < -0.4 is 4.74 Å². The Kier molecular flexibility index (Phi) is 9.88. The van der Waals surface area contributed by atoms with Crippen LogP contribution in [0.25, 0.3) is 0 Å². The average molecular weight is 407 g/mol. The van der Waals surface area contributed by atoms with Crippen LogP contribution in [0.15, 0.2) is 36.4 Å². The molecule has 0 saturated heterocycles. The van der Waals surface area contributed by atoms with E-state index in [-0.39, 0.29) is 0 Å². The smallest absolute Gasteiger partial charge is 0.119 e. The second-order valence-electron chi connectivity index (χ2n) is 9.62. The second-order valence-corrected chi connectivity index (χ2v) is 9.62. The fourth-order valence-corrected chi connectivity index (χ4v) is 5.47. The Labute approximate surface area is 185 Å². The molecular formula is C29H42O. The van der Waals surface area contributed by atoms with Crippen molar-refractivity contribution < 1.29 is 4.74 Å². The van der Waals surface area contributed by atoms with E-state index < -0.39 is 0 Å². The van der Waals surface area contributed by atoms with Gasteiger partial charge in [0.1, 0.15) is 5.75 Å². The summed E-state index contributed by atoms with van der Waals surface area (Å²) in [4.78, 5) is 0.